The second-order valence-corrected chi connectivity index (χ2v) is 9.86. The number of β-amino-alcohol motifs (C(OH)–C–C–N with tert-alkyl or cyclic N) is 1. The number of anilines is 3. The van der Waals surface area contributed by atoms with Gasteiger partial charge in [-0.1, -0.05) is 57.2 Å². The topological polar surface area (TPSA) is 111 Å². The number of hydrogen-bond acceptors (Lipinski definition) is 8. The van der Waals surface area contributed by atoms with Gasteiger partial charge in [0.05, 0.1) is 35.1 Å². The van der Waals surface area contributed by atoms with Gasteiger partial charge in [-0.15, -0.1) is 0 Å². The van der Waals surface area contributed by atoms with E-state index in [1.54, 1.807) is 23.1 Å². The first kappa shape index (κ1) is 23.0. The number of nitrogens with one attached hydrogen (secondary N) is 2. The minimum atomic E-state index is -0.521. The van der Waals surface area contributed by atoms with Crippen molar-refractivity contribution in [3.8, 4) is 5.75 Å². The summed E-state index contributed by atoms with van der Waals surface area (Å²) in [7, 11) is 0. The molecule has 1 saturated heterocycles. The molecule has 174 valence electrons. The second-order valence-electron chi connectivity index (χ2n) is 9.34. The first-order valence-corrected chi connectivity index (χ1v) is 11.7. The summed E-state index contributed by atoms with van der Waals surface area (Å²) in [4.78, 5) is 14.4. The summed E-state index contributed by atoms with van der Waals surface area (Å²) in [6, 6.07) is 15.1. The van der Waals surface area contributed by atoms with Crippen LogP contribution in [0.15, 0.2) is 48.5 Å². The standard InChI is InChI=1S/C24H29N5O3S/c1-24(2,3)20(15-8-5-4-6-9-15)26-22-21(27-33-28-22)25-18-11-7-10-17(19(18)31)23(32)29-13-12-16(30)14-29/h4-11,16,20,30-31H,12-14H2,1-3H3,(H,25,27)(H,26,28)/t16-,20?/m1/s1. The van der Waals surface area contributed by atoms with E-state index in [4.69, 9.17) is 0 Å². The maximum Gasteiger partial charge on any atom is 0.257 e. The Kier molecular flexibility index (Phi) is 6.53. The zero-order valence-corrected chi connectivity index (χ0v) is 19.8. The quantitative estimate of drug-likeness (QED) is 0.398. The average Bonchev–Trinajstić information content (AvgIpc) is 3.41. The van der Waals surface area contributed by atoms with Gasteiger partial charge in [-0.25, -0.2) is 0 Å². The molecule has 33 heavy (non-hydrogen) atoms. The van der Waals surface area contributed by atoms with E-state index < -0.39 is 6.10 Å². The van der Waals surface area contributed by atoms with Gasteiger partial charge in [0.25, 0.3) is 5.91 Å². The maximum atomic E-state index is 12.8. The molecule has 2 aromatic carbocycles. The molecule has 2 atom stereocenters. The molecular weight excluding hydrogens is 438 g/mol. The predicted molar refractivity (Wildman–Crippen MR) is 130 cm³/mol. The second kappa shape index (κ2) is 9.36. The first-order valence-electron chi connectivity index (χ1n) is 10.9. The van der Waals surface area contributed by atoms with Gasteiger partial charge in [-0.2, -0.15) is 8.75 Å². The highest BCUT2D eigenvalue weighted by Gasteiger charge is 2.29. The van der Waals surface area contributed by atoms with Crippen molar-refractivity contribution in [1.82, 2.24) is 13.6 Å². The third-order valence-corrected chi connectivity index (χ3v) is 6.27. The Morgan fingerprint density at radius 1 is 1.12 bits per heavy atom. The van der Waals surface area contributed by atoms with E-state index in [1.165, 1.54) is 0 Å². The van der Waals surface area contributed by atoms with Crippen LogP contribution >= 0.6 is 11.7 Å². The molecule has 3 aromatic rings. The molecule has 1 amide bonds. The molecule has 1 aliphatic rings. The maximum absolute atomic E-state index is 12.8. The minimum Gasteiger partial charge on any atom is -0.505 e. The molecule has 4 N–H and O–H groups in total. The van der Waals surface area contributed by atoms with Gasteiger partial charge in [0.2, 0.25) is 0 Å². The highest BCUT2D eigenvalue weighted by molar-refractivity contribution is 6.99. The van der Waals surface area contributed by atoms with Crippen molar-refractivity contribution in [2.45, 2.75) is 39.3 Å². The Morgan fingerprint density at radius 2 is 1.85 bits per heavy atom. The van der Waals surface area contributed by atoms with Crippen molar-refractivity contribution in [2.24, 2.45) is 5.41 Å². The van der Waals surface area contributed by atoms with Crippen LogP contribution in [0.2, 0.25) is 0 Å². The lowest BCUT2D eigenvalue weighted by Gasteiger charge is -2.32. The lowest BCUT2D eigenvalue weighted by Crippen LogP contribution is -2.29. The van der Waals surface area contributed by atoms with E-state index in [2.05, 4.69) is 52.3 Å². The number of benzene rings is 2. The number of carbonyl (C=O) groups is 1. The Labute approximate surface area is 197 Å². The van der Waals surface area contributed by atoms with E-state index in [-0.39, 0.29) is 35.2 Å². The normalized spacial score (nSPS) is 17.1. The molecule has 0 bridgehead atoms. The van der Waals surface area contributed by atoms with Gasteiger partial charge in [0.1, 0.15) is 0 Å². The molecule has 4 rings (SSSR count). The Balaban J connectivity index is 1.57. The SMILES string of the molecule is CC(C)(C)C(Nc1nsnc1Nc1cccc(C(=O)N2CC[C@@H](O)C2)c1O)c1ccccc1. The zero-order chi connectivity index (χ0) is 23.6. The van der Waals surface area contributed by atoms with E-state index in [1.807, 2.05) is 18.2 Å². The molecule has 0 saturated carbocycles. The van der Waals surface area contributed by atoms with Gasteiger partial charge < -0.3 is 25.7 Å². The molecule has 8 nitrogen and oxygen atoms in total. The van der Waals surface area contributed by atoms with E-state index in [0.29, 0.717) is 30.3 Å². The Hall–Kier alpha value is -3.17. The number of aliphatic hydroxyl groups is 1. The fourth-order valence-corrected chi connectivity index (χ4v) is 4.46. The van der Waals surface area contributed by atoms with Crippen molar-refractivity contribution in [1.29, 1.82) is 0 Å². The number of aromatic hydroxyl groups is 1. The van der Waals surface area contributed by atoms with Crippen LogP contribution in [0.5, 0.6) is 5.75 Å². The molecule has 1 aliphatic heterocycles. The van der Waals surface area contributed by atoms with E-state index in [0.717, 1.165) is 17.3 Å². The first-order chi connectivity index (χ1) is 15.7. The lowest BCUT2D eigenvalue weighted by atomic mass is 9.82. The number of aliphatic hydroxyl groups excluding tert-OH is 1. The zero-order valence-electron chi connectivity index (χ0n) is 18.9. The van der Waals surface area contributed by atoms with Gasteiger partial charge in [-0.3, -0.25) is 4.79 Å². The molecule has 1 unspecified atom stereocenters. The number of hydrogen-bond donors (Lipinski definition) is 4. The van der Waals surface area contributed by atoms with Crippen molar-refractivity contribution >= 4 is 35.0 Å². The number of para-hydroxylation sites is 1. The number of aromatic nitrogens is 2. The largest absolute Gasteiger partial charge is 0.505 e. The van der Waals surface area contributed by atoms with Crippen LogP contribution in [0, 0.1) is 5.41 Å². The molecule has 0 spiro atoms. The summed E-state index contributed by atoms with van der Waals surface area (Å²) < 4.78 is 8.78. The summed E-state index contributed by atoms with van der Waals surface area (Å²) in [6.45, 7) is 7.20. The van der Waals surface area contributed by atoms with E-state index >= 15 is 0 Å². The molecule has 0 radical (unpaired) electrons. The summed E-state index contributed by atoms with van der Waals surface area (Å²) >= 11 is 1.06. The number of carbonyl (C=O) groups excluding carboxylic acids is 1. The number of rotatable bonds is 6. The van der Waals surface area contributed by atoms with Crippen LogP contribution in [0.4, 0.5) is 17.3 Å². The van der Waals surface area contributed by atoms with E-state index in [9.17, 15) is 15.0 Å². The fourth-order valence-electron chi connectivity index (χ4n) is 3.99. The van der Waals surface area contributed by atoms with Crippen LogP contribution in [0.1, 0.15) is 49.2 Å². The average molecular weight is 468 g/mol. The van der Waals surface area contributed by atoms with Crippen molar-refractivity contribution < 1.29 is 15.0 Å². The summed E-state index contributed by atoms with van der Waals surface area (Å²) in [6.07, 6.45) is 0.0211. The lowest BCUT2D eigenvalue weighted by molar-refractivity contribution is 0.0762. The van der Waals surface area contributed by atoms with Crippen molar-refractivity contribution in [3.63, 3.8) is 0 Å². The summed E-state index contributed by atoms with van der Waals surface area (Å²) in [5, 5.41) is 27.2. The monoisotopic (exact) mass is 467 g/mol. The van der Waals surface area contributed by atoms with Crippen LogP contribution in [0.25, 0.3) is 0 Å². The van der Waals surface area contributed by atoms with Crippen molar-refractivity contribution in [3.05, 3.63) is 59.7 Å². The fraction of sp³-hybridized carbons (Fsp3) is 0.375. The number of amides is 1. The van der Waals surface area contributed by atoms with Gasteiger partial charge in [0.15, 0.2) is 17.4 Å². The molecule has 2 heterocycles. The minimum absolute atomic E-state index is 0.0220. The third kappa shape index (κ3) is 5.09. The van der Waals surface area contributed by atoms with Crippen LogP contribution in [-0.4, -0.2) is 49.0 Å². The van der Waals surface area contributed by atoms with Crippen LogP contribution in [-0.2, 0) is 0 Å². The molecule has 9 heteroatoms. The van der Waals surface area contributed by atoms with Gasteiger partial charge in [-0.05, 0) is 29.5 Å². The molecule has 0 aliphatic carbocycles. The number of nitrogens with zero attached hydrogens (tertiary/aromatic N) is 3. The Bertz CT molecular complexity index is 1110. The predicted octanol–water partition coefficient (Wildman–Crippen LogP) is 4.39. The molecular formula is C24H29N5O3S. The van der Waals surface area contributed by atoms with Crippen LogP contribution in [0.3, 0.4) is 0 Å². The Morgan fingerprint density at radius 3 is 2.52 bits per heavy atom. The van der Waals surface area contributed by atoms with Crippen molar-refractivity contribution in [2.75, 3.05) is 23.7 Å². The number of phenols is 1. The van der Waals surface area contributed by atoms with Crippen LogP contribution < -0.4 is 10.6 Å². The summed E-state index contributed by atoms with van der Waals surface area (Å²) in [5.41, 5.74) is 1.58. The number of likely N-dealkylation sites (tertiary alicyclic amines) is 1. The number of phenolic OH excluding ortho intramolecular Hbond substituents is 1. The van der Waals surface area contributed by atoms with Gasteiger partial charge in [0, 0.05) is 13.1 Å². The summed E-state index contributed by atoms with van der Waals surface area (Å²) in [5.74, 6) is 0.585. The highest BCUT2D eigenvalue weighted by atomic mass is 32.1. The van der Waals surface area contributed by atoms with Gasteiger partial charge >= 0.3 is 0 Å². The third-order valence-electron chi connectivity index (χ3n) is 5.74. The smallest absolute Gasteiger partial charge is 0.257 e. The molecule has 1 fully saturated rings. The highest BCUT2D eigenvalue weighted by Crippen LogP contribution is 2.38. The molecule has 1 aromatic heterocycles.